The Morgan fingerprint density at radius 3 is 2.07 bits per heavy atom. The minimum absolute atomic E-state index is 0.402. The Hall–Kier alpha value is -4.34. The van der Waals surface area contributed by atoms with E-state index in [4.69, 9.17) is 28.8 Å². The minimum Gasteiger partial charge on any atom is -0.496 e. The molecule has 0 spiro atoms. The molecule has 0 aliphatic carbocycles. The molecule has 0 saturated carbocycles. The molecule has 3 aromatic rings. The first-order valence-electron chi connectivity index (χ1n) is 12.9. The number of ether oxygens (including phenoxy) is 5. The van der Waals surface area contributed by atoms with E-state index in [-0.39, 0.29) is 0 Å². The van der Waals surface area contributed by atoms with Crippen molar-refractivity contribution in [2.24, 2.45) is 5.10 Å². The van der Waals surface area contributed by atoms with Crippen molar-refractivity contribution in [3.8, 4) is 28.7 Å². The summed E-state index contributed by atoms with van der Waals surface area (Å²) in [5.74, 6) is 2.65. The van der Waals surface area contributed by atoms with Crippen LogP contribution in [0.25, 0.3) is 6.08 Å². The van der Waals surface area contributed by atoms with E-state index in [2.05, 4.69) is 0 Å². The summed E-state index contributed by atoms with van der Waals surface area (Å²) in [4.78, 5) is 0. The SMILES string of the molecule is COc1ccc(C2=NN(c3ccc(C(F)(F)F)cc3)C(c3cc(OC)c(OC)c(OC)c3)C2)c2c1C=CC(C)(C)O2. The molecule has 1 atom stereocenters. The van der Waals surface area contributed by atoms with E-state index in [0.29, 0.717) is 46.6 Å². The van der Waals surface area contributed by atoms with Gasteiger partial charge in [0.2, 0.25) is 5.75 Å². The van der Waals surface area contributed by atoms with Crippen molar-refractivity contribution in [1.29, 1.82) is 0 Å². The zero-order valence-corrected chi connectivity index (χ0v) is 23.6. The third-order valence-corrected chi connectivity index (χ3v) is 7.14. The number of benzene rings is 3. The number of rotatable bonds is 7. The number of methoxy groups -OCH3 is 4. The number of hydrogen-bond acceptors (Lipinski definition) is 7. The maximum atomic E-state index is 13.3. The second kappa shape index (κ2) is 10.6. The second-order valence-electron chi connectivity index (χ2n) is 10.2. The van der Waals surface area contributed by atoms with Crippen LogP contribution in [0.3, 0.4) is 0 Å². The van der Waals surface area contributed by atoms with E-state index in [0.717, 1.165) is 28.8 Å². The zero-order valence-electron chi connectivity index (χ0n) is 23.6. The molecule has 216 valence electrons. The summed E-state index contributed by atoms with van der Waals surface area (Å²) in [7, 11) is 6.18. The molecule has 0 radical (unpaired) electrons. The normalized spacial score (nSPS) is 17.4. The van der Waals surface area contributed by atoms with Crippen LogP contribution >= 0.6 is 0 Å². The molecule has 10 heteroatoms. The van der Waals surface area contributed by atoms with E-state index in [1.807, 2.05) is 50.3 Å². The quantitative estimate of drug-likeness (QED) is 0.299. The van der Waals surface area contributed by atoms with E-state index >= 15 is 0 Å². The molecule has 0 saturated heterocycles. The van der Waals surface area contributed by atoms with Crippen LogP contribution in [0.5, 0.6) is 28.7 Å². The zero-order chi connectivity index (χ0) is 29.5. The molecule has 2 aliphatic heterocycles. The summed E-state index contributed by atoms with van der Waals surface area (Å²) in [6.45, 7) is 3.92. The van der Waals surface area contributed by atoms with Crippen molar-refractivity contribution in [2.45, 2.75) is 38.1 Å². The number of anilines is 1. The fourth-order valence-electron chi connectivity index (χ4n) is 5.10. The van der Waals surface area contributed by atoms with Gasteiger partial charge in [0, 0.05) is 12.0 Å². The fraction of sp³-hybridized carbons (Fsp3) is 0.323. The molecular formula is C31H31F3N2O5. The fourth-order valence-corrected chi connectivity index (χ4v) is 5.10. The molecule has 1 unspecified atom stereocenters. The number of alkyl halides is 3. The number of halogens is 3. The van der Waals surface area contributed by atoms with Crippen molar-refractivity contribution in [2.75, 3.05) is 33.4 Å². The van der Waals surface area contributed by atoms with Crippen LogP contribution < -0.4 is 28.7 Å². The number of nitrogens with zero attached hydrogens (tertiary/aromatic N) is 2. The monoisotopic (exact) mass is 568 g/mol. The first-order valence-corrected chi connectivity index (χ1v) is 12.9. The van der Waals surface area contributed by atoms with Gasteiger partial charge < -0.3 is 23.7 Å². The molecule has 3 aromatic carbocycles. The van der Waals surface area contributed by atoms with Crippen LogP contribution in [0.4, 0.5) is 18.9 Å². The van der Waals surface area contributed by atoms with Crippen molar-refractivity contribution in [1.82, 2.24) is 0 Å². The van der Waals surface area contributed by atoms with E-state index in [1.54, 1.807) is 12.1 Å². The van der Waals surface area contributed by atoms with Gasteiger partial charge in [-0.2, -0.15) is 18.3 Å². The molecule has 2 aliphatic rings. The Kier molecular flexibility index (Phi) is 7.27. The average Bonchev–Trinajstić information content (AvgIpc) is 3.40. The highest BCUT2D eigenvalue weighted by Crippen LogP contribution is 2.47. The van der Waals surface area contributed by atoms with Gasteiger partial charge in [0.15, 0.2) is 11.5 Å². The van der Waals surface area contributed by atoms with Gasteiger partial charge in [-0.1, -0.05) is 0 Å². The molecule has 0 bridgehead atoms. The Morgan fingerprint density at radius 2 is 1.51 bits per heavy atom. The third-order valence-electron chi connectivity index (χ3n) is 7.14. The van der Waals surface area contributed by atoms with Crippen LogP contribution in [0.15, 0.2) is 59.7 Å². The first-order chi connectivity index (χ1) is 19.5. The van der Waals surface area contributed by atoms with Gasteiger partial charge in [0.25, 0.3) is 0 Å². The molecule has 41 heavy (non-hydrogen) atoms. The van der Waals surface area contributed by atoms with E-state index < -0.39 is 23.4 Å². The largest absolute Gasteiger partial charge is 0.496 e. The summed E-state index contributed by atoms with van der Waals surface area (Å²) < 4.78 is 68.6. The Balaban J connectivity index is 1.65. The molecule has 0 amide bonds. The Morgan fingerprint density at radius 1 is 0.878 bits per heavy atom. The minimum atomic E-state index is -4.45. The van der Waals surface area contributed by atoms with Crippen LogP contribution in [0.2, 0.25) is 0 Å². The first kappa shape index (κ1) is 28.2. The number of fused-ring (bicyclic) bond motifs is 1. The van der Waals surface area contributed by atoms with Gasteiger partial charge in [-0.15, -0.1) is 0 Å². The van der Waals surface area contributed by atoms with Gasteiger partial charge >= 0.3 is 6.18 Å². The van der Waals surface area contributed by atoms with Crippen molar-refractivity contribution in [3.05, 3.63) is 76.9 Å². The maximum Gasteiger partial charge on any atom is 0.416 e. The molecule has 0 fully saturated rings. The number of hydrogen-bond donors (Lipinski definition) is 0. The van der Waals surface area contributed by atoms with Crippen LogP contribution in [-0.4, -0.2) is 39.8 Å². The van der Waals surface area contributed by atoms with Crippen LogP contribution in [0.1, 0.15) is 48.6 Å². The lowest BCUT2D eigenvalue weighted by Gasteiger charge is -2.30. The van der Waals surface area contributed by atoms with Gasteiger partial charge in [-0.25, -0.2) is 0 Å². The Labute approximate surface area is 236 Å². The van der Waals surface area contributed by atoms with E-state index in [1.165, 1.54) is 33.5 Å². The van der Waals surface area contributed by atoms with Crippen LogP contribution in [-0.2, 0) is 6.18 Å². The topological polar surface area (TPSA) is 61.8 Å². The summed E-state index contributed by atoms with van der Waals surface area (Å²) in [6, 6.07) is 12.0. The van der Waals surface area contributed by atoms with Crippen molar-refractivity contribution >= 4 is 17.5 Å². The predicted octanol–water partition coefficient (Wildman–Crippen LogP) is 7.28. The second-order valence-corrected chi connectivity index (χ2v) is 10.2. The van der Waals surface area contributed by atoms with Gasteiger partial charge in [0.05, 0.1) is 57.0 Å². The summed E-state index contributed by atoms with van der Waals surface area (Å²) in [5.41, 5.74) is 2.25. The standard InChI is InChI=1S/C31H31F3N2O5/c1-30(2)14-13-22-25(37-3)12-11-21(28(22)41-30)23-17-24(18-15-26(38-4)29(40-6)27(16-18)39-5)36(35-23)20-9-7-19(8-10-20)31(32,33)34/h7-16,24H,17H2,1-6H3. The lowest BCUT2D eigenvalue weighted by Crippen LogP contribution is -2.28. The maximum absolute atomic E-state index is 13.3. The average molecular weight is 569 g/mol. The van der Waals surface area contributed by atoms with Crippen molar-refractivity contribution < 1.29 is 36.9 Å². The van der Waals surface area contributed by atoms with Crippen molar-refractivity contribution in [3.63, 3.8) is 0 Å². The molecule has 7 nitrogen and oxygen atoms in total. The molecule has 0 N–H and O–H groups in total. The smallest absolute Gasteiger partial charge is 0.416 e. The highest BCUT2D eigenvalue weighted by molar-refractivity contribution is 6.06. The summed E-state index contributed by atoms with van der Waals surface area (Å²) in [6.07, 6.45) is -0.0911. The van der Waals surface area contributed by atoms with Gasteiger partial charge in [-0.3, -0.25) is 5.01 Å². The lowest BCUT2D eigenvalue weighted by molar-refractivity contribution is -0.137. The molecule has 0 aromatic heterocycles. The van der Waals surface area contributed by atoms with Crippen LogP contribution in [0, 0.1) is 0 Å². The van der Waals surface area contributed by atoms with Gasteiger partial charge in [-0.05, 0) is 80.1 Å². The Bertz CT molecular complexity index is 1490. The summed E-state index contributed by atoms with van der Waals surface area (Å²) in [5, 5.41) is 6.67. The number of hydrazone groups is 1. The third kappa shape index (κ3) is 5.26. The van der Waals surface area contributed by atoms with E-state index in [9.17, 15) is 13.2 Å². The molecular weight excluding hydrogens is 537 g/mol. The summed E-state index contributed by atoms with van der Waals surface area (Å²) >= 11 is 0. The predicted molar refractivity (Wildman–Crippen MR) is 151 cm³/mol. The molecule has 2 heterocycles. The van der Waals surface area contributed by atoms with Gasteiger partial charge in [0.1, 0.15) is 17.1 Å². The highest BCUT2D eigenvalue weighted by Gasteiger charge is 2.36. The highest BCUT2D eigenvalue weighted by atomic mass is 19.4. The molecule has 5 rings (SSSR count). The lowest BCUT2D eigenvalue weighted by atomic mass is 9.93.